The number of aliphatic hydroxyl groups excluding tert-OH is 1. The zero-order valence-corrected chi connectivity index (χ0v) is 14.2. The molecule has 0 aliphatic rings. The lowest BCUT2D eigenvalue weighted by molar-refractivity contribution is 0.281. The second-order valence-corrected chi connectivity index (χ2v) is 7.45. The molecule has 0 fully saturated rings. The third-order valence-electron chi connectivity index (χ3n) is 3.46. The zero-order valence-electron chi connectivity index (χ0n) is 13.3. The Hall–Kier alpha value is -0.950. The second-order valence-electron chi connectivity index (χ2n) is 5.44. The van der Waals surface area contributed by atoms with E-state index in [1.807, 2.05) is 25.9 Å². The summed E-state index contributed by atoms with van der Waals surface area (Å²) in [7, 11) is 2.03. The van der Waals surface area contributed by atoms with E-state index in [1.54, 1.807) is 25.2 Å². The molecule has 0 spiro atoms. The summed E-state index contributed by atoms with van der Waals surface area (Å²) in [5, 5.41) is 9.22. The molecule has 0 radical (unpaired) electrons. The van der Waals surface area contributed by atoms with Crippen LogP contribution in [0.2, 0.25) is 0 Å². The molecule has 1 aromatic carbocycles. The molecule has 0 heterocycles. The zero-order chi connectivity index (χ0) is 16.0. The molecule has 0 unspecified atom stereocenters. The van der Waals surface area contributed by atoms with Crippen molar-refractivity contribution < 1.29 is 13.5 Å². The number of sulfonamides is 1. The molecule has 0 bridgehead atoms. The van der Waals surface area contributed by atoms with Crippen molar-refractivity contribution in [1.29, 1.82) is 0 Å². The Morgan fingerprint density at radius 2 is 1.81 bits per heavy atom. The highest BCUT2D eigenvalue weighted by Gasteiger charge is 2.23. The number of hydrogen-bond acceptors (Lipinski definition) is 4. The Bertz CT molecular complexity index is 556. The highest BCUT2D eigenvalue weighted by atomic mass is 32.2. The Balaban J connectivity index is 3.00. The monoisotopic (exact) mass is 314 g/mol. The number of hydrogen-bond donors (Lipinski definition) is 1. The predicted molar refractivity (Wildman–Crippen MR) is 84.7 cm³/mol. The van der Waals surface area contributed by atoms with E-state index in [-0.39, 0.29) is 6.61 Å². The SMILES string of the molecule is CCc1ccc(CO)cc1S(=O)(=O)N(C)CCCN(C)C. The third-order valence-corrected chi connectivity index (χ3v) is 5.40. The first-order valence-electron chi connectivity index (χ1n) is 7.16. The average molecular weight is 314 g/mol. The smallest absolute Gasteiger partial charge is 0.243 e. The van der Waals surface area contributed by atoms with Crippen LogP contribution in [-0.2, 0) is 23.1 Å². The first kappa shape index (κ1) is 18.1. The van der Waals surface area contributed by atoms with Crippen LogP contribution in [0, 0.1) is 0 Å². The number of nitrogens with zero attached hydrogens (tertiary/aromatic N) is 2. The largest absolute Gasteiger partial charge is 0.392 e. The fourth-order valence-corrected chi connectivity index (χ4v) is 3.68. The molecule has 120 valence electrons. The van der Waals surface area contributed by atoms with E-state index in [1.165, 1.54) is 4.31 Å². The fraction of sp³-hybridized carbons (Fsp3) is 0.600. The van der Waals surface area contributed by atoms with Gasteiger partial charge in [-0.05, 0) is 50.7 Å². The Morgan fingerprint density at radius 1 is 1.14 bits per heavy atom. The summed E-state index contributed by atoms with van der Waals surface area (Å²) in [6.07, 6.45) is 1.43. The van der Waals surface area contributed by atoms with Crippen LogP contribution in [0.3, 0.4) is 0 Å². The molecule has 0 atom stereocenters. The Labute approximate surface area is 128 Å². The maximum absolute atomic E-state index is 12.7. The number of benzene rings is 1. The molecule has 1 aromatic rings. The van der Waals surface area contributed by atoms with Crippen molar-refractivity contribution in [3.8, 4) is 0 Å². The predicted octanol–water partition coefficient (Wildman–Crippen LogP) is 1.31. The summed E-state index contributed by atoms with van der Waals surface area (Å²) in [6.45, 7) is 3.10. The van der Waals surface area contributed by atoms with Gasteiger partial charge in [0, 0.05) is 13.6 Å². The molecular weight excluding hydrogens is 288 g/mol. The molecule has 6 heteroatoms. The Kier molecular flexibility index (Phi) is 6.80. The third kappa shape index (κ3) is 4.78. The van der Waals surface area contributed by atoms with Crippen LogP contribution in [0.5, 0.6) is 0 Å². The van der Waals surface area contributed by atoms with E-state index in [4.69, 9.17) is 0 Å². The van der Waals surface area contributed by atoms with Crippen molar-refractivity contribution in [3.05, 3.63) is 29.3 Å². The van der Waals surface area contributed by atoms with Gasteiger partial charge in [-0.3, -0.25) is 0 Å². The van der Waals surface area contributed by atoms with Gasteiger partial charge in [-0.2, -0.15) is 0 Å². The van der Waals surface area contributed by atoms with E-state index in [0.29, 0.717) is 23.4 Å². The summed E-state index contributed by atoms with van der Waals surface area (Å²) in [4.78, 5) is 2.34. The summed E-state index contributed by atoms with van der Waals surface area (Å²) < 4.78 is 26.8. The van der Waals surface area contributed by atoms with Gasteiger partial charge in [-0.1, -0.05) is 19.1 Å². The van der Waals surface area contributed by atoms with Gasteiger partial charge < -0.3 is 10.0 Å². The van der Waals surface area contributed by atoms with Gasteiger partial charge in [0.2, 0.25) is 10.0 Å². The topological polar surface area (TPSA) is 60.9 Å². The standard InChI is InChI=1S/C15H26N2O3S/c1-5-14-8-7-13(12-18)11-15(14)21(19,20)17(4)10-6-9-16(2)3/h7-8,11,18H,5-6,9-10,12H2,1-4H3. The summed E-state index contributed by atoms with van der Waals surface area (Å²) >= 11 is 0. The number of aryl methyl sites for hydroxylation is 1. The van der Waals surface area contributed by atoms with Crippen molar-refractivity contribution in [2.24, 2.45) is 0 Å². The van der Waals surface area contributed by atoms with E-state index < -0.39 is 10.0 Å². The van der Waals surface area contributed by atoms with Crippen molar-refractivity contribution >= 4 is 10.0 Å². The van der Waals surface area contributed by atoms with Crippen LogP contribution in [-0.4, -0.2) is 57.0 Å². The quantitative estimate of drug-likeness (QED) is 0.786. The second kappa shape index (κ2) is 7.89. The average Bonchev–Trinajstić information content (AvgIpc) is 2.45. The van der Waals surface area contributed by atoms with Crippen molar-refractivity contribution in [2.75, 3.05) is 34.2 Å². The summed E-state index contributed by atoms with van der Waals surface area (Å²) in [5.74, 6) is 0. The van der Waals surface area contributed by atoms with Crippen molar-refractivity contribution in [3.63, 3.8) is 0 Å². The van der Waals surface area contributed by atoms with Crippen LogP contribution in [0.1, 0.15) is 24.5 Å². The van der Waals surface area contributed by atoms with E-state index in [2.05, 4.69) is 0 Å². The van der Waals surface area contributed by atoms with Gasteiger partial charge in [0.25, 0.3) is 0 Å². The minimum atomic E-state index is -3.51. The molecule has 0 amide bonds. The molecule has 5 nitrogen and oxygen atoms in total. The van der Waals surface area contributed by atoms with Gasteiger partial charge >= 0.3 is 0 Å². The van der Waals surface area contributed by atoms with E-state index >= 15 is 0 Å². The molecule has 1 N–H and O–H groups in total. The summed E-state index contributed by atoms with van der Waals surface area (Å²) in [6, 6.07) is 5.13. The molecular formula is C15H26N2O3S. The molecule has 0 aliphatic carbocycles. The van der Waals surface area contributed by atoms with Crippen LogP contribution < -0.4 is 0 Å². The highest BCUT2D eigenvalue weighted by Crippen LogP contribution is 2.22. The molecule has 21 heavy (non-hydrogen) atoms. The number of rotatable bonds is 8. The lowest BCUT2D eigenvalue weighted by Gasteiger charge is -2.20. The van der Waals surface area contributed by atoms with Gasteiger partial charge in [0.05, 0.1) is 11.5 Å². The van der Waals surface area contributed by atoms with Gasteiger partial charge in [-0.25, -0.2) is 12.7 Å². The lowest BCUT2D eigenvalue weighted by Crippen LogP contribution is -2.30. The minimum Gasteiger partial charge on any atom is -0.392 e. The van der Waals surface area contributed by atoms with Gasteiger partial charge in [0.15, 0.2) is 0 Å². The molecule has 1 rings (SSSR count). The van der Waals surface area contributed by atoms with Gasteiger partial charge in [0.1, 0.15) is 0 Å². The van der Waals surface area contributed by atoms with E-state index in [9.17, 15) is 13.5 Å². The fourth-order valence-electron chi connectivity index (χ4n) is 2.13. The van der Waals surface area contributed by atoms with Gasteiger partial charge in [-0.15, -0.1) is 0 Å². The van der Waals surface area contributed by atoms with E-state index in [0.717, 1.165) is 18.5 Å². The van der Waals surface area contributed by atoms with Crippen LogP contribution in [0.4, 0.5) is 0 Å². The Morgan fingerprint density at radius 3 is 2.33 bits per heavy atom. The van der Waals surface area contributed by atoms with Crippen LogP contribution in [0.15, 0.2) is 23.1 Å². The normalized spacial score (nSPS) is 12.3. The first-order chi connectivity index (χ1) is 9.82. The van der Waals surface area contributed by atoms with Crippen LogP contribution in [0.25, 0.3) is 0 Å². The number of aliphatic hydroxyl groups is 1. The van der Waals surface area contributed by atoms with Crippen molar-refractivity contribution in [2.45, 2.75) is 31.3 Å². The molecule has 0 aromatic heterocycles. The molecule has 0 aliphatic heterocycles. The lowest BCUT2D eigenvalue weighted by atomic mass is 10.1. The van der Waals surface area contributed by atoms with Crippen LogP contribution >= 0.6 is 0 Å². The minimum absolute atomic E-state index is 0.156. The van der Waals surface area contributed by atoms with Crippen molar-refractivity contribution in [1.82, 2.24) is 9.21 Å². The maximum atomic E-state index is 12.7. The molecule has 0 saturated carbocycles. The first-order valence-corrected chi connectivity index (χ1v) is 8.60. The summed E-state index contributed by atoms with van der Waals surface area (Å²) in [5.41, 5.74) is 1.40. The highest BCUT2D eigenvalue weighted by molar-refractivity contribution is 7.89. The maximum Gasteiger partial charge on any atom is 0.243 e. The molecule has 0 saturated heterocycles.